The average Bonchev–Trinajstić information content (AvgIpc) is 2.57. The molecule has 0 aliphatic carbocycles. The third-order valence-electron chi connectivity index (χ3n) is 3.11. The first kappa shape index (κ1) is 19.8. The second-order valence-corrected chi connectivity index (χ2v) is 6.54. The van der Waals surface area contributed by atoms with Crippen LogP contribution >= 0.6 is 34.8 Å². The zero-order valence-electron chi connectivity index (χ0n) is 13.7. The lowest BCUT2D eigenvalue weighted by Crippen LogP contribution is -2.00. The molecule has 0 heterocycles. The van der Waals surface area contributed by atoms with Crippen molar-refractivity contribution in [3.05, 3.63) is 65.5 Å². The van der Waals surface area contributed by atoms with Gasteiger partial charge in [0.1, 0.15) is 12.4 Å². The lowest BCUT2D eigenvalue weighted by atomic mass is 10.2. The average molecular weight is 400 g/mol. The molecule has 0 amide bonds. The number of hydrogen-bond acceptors (Lipinski definition) is 3. The van der Waals surface area contributed by atoms with E-state index in [0.29, 0.717) is 34.9 Å². The first-order valence-electron chi connectivity index (χ1n) is 7.67. The number of ether oxygens (including phenoxy) is 2. The molecule has 0 fully saturated rings. The number of nitrogens with one attached hydrogen (secondary N) is 1. The normalized spacial score (nSPS) is 10.4. The van der Waals surface area contributed by atoms with Crippen LogP contribution < -0.4 is 14.8 Å². The van der Waals surface area contributed by atoms with Crippen LogP contribution in [-0.4, -0.2) is 19.1 Å². The summed E-state index contributed by atoms with van der Waals surface area (Å²) in [6.07, 6.45) is 0.726. The van der Waals surface area contributed by atoms with E-state index in [4.69, 9.17) is 44.3 Å². The Morgan fingerprint density at radius 3 is 2.20 bits per heavy atom. The van der Waals surface area contributed by atoms with Crippen molar-refractivity contribution < 1.29 is 9.47 Å². The van der Waals surface area contributed by atoms with E-state index >= 15 is 0 Å². The molecule has 2 aromatic carbocycles. The molecule has 6 heteroatoms. The van der Waals surface area contributed by atoms with Gasteiger partial charge in [-0.1, -0.05) is 29.8 Å². The highest BCUT2D eigenvalue weighted by molar-refractivity contribution is 6.37. The standard InChI is InChI=1S/C19H19Cl3NO2/c1-13(2)12-25-16-6-4-14(5-7-16)23-15-10-17(21)19(18(22)11-15)24-9-3-8-20/h4-7,10-11,23H,1-3,8-9,12H2. The van der Waals surface area contributed by atoms with E-state index in [1.54, 1.807) is 12.1 Å². The van der Waals surface area contributed by atoms with Crippen LogP contribution in [0.15, 0.2) is 48.6 Å². The van der Waals surface area contributed by atoms with Crippen molar-refractivity contribution in [3.63, 3.8) is 0 Å². The van der Waals surface area contributed by atoms with Crippen molar-refractivity contribution in [3.8, 4) is 11.5 Å². The van der Waals surface area contributed by atoms with Crippen molar-refractivity contribution >= 4 is 46.2 Å². The molecule has 0 unspecified atom stereocenters. The molecule has 2 aromatic rings. The van der Waals surface area contributed by atoms with Crippen molar-refractivity contribution in [1.29, 1.82) is 0 Å². The number of benzene rings is 2. The molecule has 0 saturated carbocycles. The monoisotopic (exact) mass is 398 g/mol. The molecule has 0 aliphatic heterocycles. The van der Waals surface area contributed by atoms with Crippen molar-refractivity contribution in [2.75, 3.05) is 24.4 Å². The first-order chi connectivity index (χ1) is 12.0. The van der Waals surface area contributed by atoms with Crippen molar-refractivity contribution in [1.82, 2.24) is 0 Å². The fourth-order valence-corrected chi connectivity index (χ4v) is 2.69. The van der Waals surface area contributed by atoms with E-state index in [1.165, 1.54) is 0 Å². The molecule has 2 rings (SSSR count). The molecule has 25 heavy (non-hydrogen) atoms. The SMILES string of the molecule is [CH2]C(=C)COc1ccc(Nc2cc(Cl)c(OCCCCl)c(Cl)c2)cc1. The third kappa shape index (κ3) is 6.35. The predicted molar refractivity (Wildman–Crippen MR) is 107 cm³/mol. The number of hydrogen-bond donors (Lipinski definition) is 1. The van der Waals surface area contributed by atoms with Crippen molar-refractivity contribution in [2.24, 2.45) is 0 Å². The summed E-state index contributed by atoms with van der Waals surface area (Å²) in [6, 6.07) is 11.0. The molecule has 0 aromatic heterocycles. The summed E-state index contributed by atoms with van der Waals surface area (Å²) in [5.41, 5.74) is 2.36. The first-order valence-corrected chi connectivity index (χ1v) is 8.96. The number of anilines is 2. The summed E-state index contributed by atoms with van der Waals surface area (Å²) < 4.78 is 11.1. The molecule has 0 saturated heterocycles. The Morgan fingerprint density at radius 1 is 1.00 bits per heavy atom. The van der Waals surface area contributed by atoms with Gasteiger partial charge in [0.25, 0.3) is 0 Å². The van der Waals surface area contributed by atoms with Crippen LogP contribution in [0.4, 0.5) is 11.4 Å². The van der Waals surface area contributed by atoms with Crippen LogP contribution in [0, 0.1) is 6.92 Å². The fourth-order valence-electron chi connectivity index (χ4n) is 1.99. The molecule has 133 valence electrons. The molecular weight excluding hydrogens is 381 g/mol. The van der Waals surface area contributed by atoms with Gasteiger partial charge in [-0.15, -0.1) is 11.6 Å². The Kier molecular flexibility index (Phi) is 7.76. The summed E-state index contributed by atoms with van der Waals surface area (Å²) in [6.45, 7) is 8.26. The van der Waals surface area contributed by atoms with E-state index in [1.807, 2.05) is 24.3 Å². The fraction of sp³-hybridized carbons (Fsp3) is 0.211. The Balaban J connectivity index is 2.03. The van der Waals surface area contributed by atoms with E-state index in [-0.39, 0.29) is 0 Å². The van der Waals surface area contributed by atoms with E-state index in [9.17, 15) is 0 Å². The number of rotatable bonds is 9. The van der Waals surface area contributed by atoms with Crippen molar-refractivity contribution in [2.45, 2.75) is 6.42 Å². The number of halogens is 3. The maximum atomic E-state index is 6.26. The summed E-state index contributed by atoms with van der Waals surface area (Å²) in [5.74, 6) is 1.74. The molecule has 0 aliphatic rings. The molecule has 0 atom stereocenters. The molecule has 0 bridgehead atoms. The van der Waals surface area contributed by atoms with Gasteiger partial charge < -0.3 is 14.8 Å². The van der Waals surface area contributed by atoms with Crippen LogP contribution in [0.5, 0.6) is 11.5 Å². The quantitative estimate of drug-likeness (QED) is 0.385. The van der Waals surface area contributed by atoms with Crippen LogP contribution in [0.3, 0.4) is 0 Å². The van der Waals surface area contributed by atoms with Gasteiger partial charge in [0.2, 0.25) is 0 Å². The predicted octanol–water partition coefficient (Wildman–Crippen LogP) is 6.51. The van der Waals surface area contributed by atoms with E-state index in [2.05, 4.69) is 18.8 Å². The smallest absolute Gasteiger partial charge is 0.156 e. The highest BCUT2D eigenvalue weighted by Crippen LogP contribution is 2.37. The van der Waals surface area contributed by atoms with Gasteiger partial charge in [0.15, 0.2) is 5.75 Å². The molecule has 3 nitrogen and oxygen atoms in total. The molecule has 1 radical (unpaired) electrons. The maximum Gasteiger partial charge on any atom is 0.156 e. The maximum absolute atomic E-state index is 6.26. The number of alkyl halides is 1. The Bertz CT molecular complexity index is 694. The van der Waals surface area contributed by atoms with E-state index in [0.717, 1.165) is 29.1 Å². The topological polar surface area (TPSA) is 30.5 Å². The Morgan fingerprint density at radius 2 is 1.64 bits per heavy atom. The summed E-state index contributed by atoms with van der Waals surface area (Å²) in [7, 11) is 0. The van der Waals surface area contributed by atoms with Crippen LogP contribution in [0.1, 0.15) is 6.42 Å². The molecule has 0 spiro atoms. The van der Waals surface area contributed by atoms with Gasteiger partial charge in [-0.3, -0.25) is 0 Å². The van der Waals surface area contributed by atoms with Gasteiger partial charge in [-0.25, -0.2) is 0 Å². The van der Waals surface area contributed by atoms with Gasteiger partial charge in [-0.2, -0.15) is 0 Å². The Labute approximate surface area is 163 Å². The summed E-state index contributed by atoms with van der Waals surface area (Å²) >= 11 is 18.2. The minimum Gasteiger partial charge on any atom is -0.490 e. The van der Waals surface area contributed by atoms with Gasteiger partial charge in [0.05, 0.1) is 16.7 Å². The van der Waals surface area contributed by atoms with Crippen LogP contribution in [-0.2, 0) is 0 Å². The van der Waals surface area contributed by atoms with E-state index < -0.39 is 0 Å². The minimum absolute atomic E-state index is 0.392. The van der Waals surface area contributed by atoms with Gasteiger partial charge in [-0.05, 0) is 55.3 Å². The van der Waals surface area contributed by atoms with Crippen LogP contribution in [0.25, 0.3) is 0 Å². The minimum atomic E-state index is 0.392. The Hall–Kier alpha value is -1.55. The lowest BCUT2D eigenvalue weighted by molar-refractivity contribution is 0.319. The zero-order chi connectivity index (χ0) is 18.2. The molecule has 1 N–H and O–H groups in total. The zero-order valence-corrected chi connectivity index (χ0v) is 15.9. The molecular formula is C19H19Cl3NO2. The summed E-state index contributed by atoms with van der Waals surface area (Å²) in [4.78, 5) is 0. The second-order valence-electron chi connectivity index (χ2n) is 5.35. The second kappa shape index (κ2) is 9.81. The lowest BCUT2D eigenvalue weighted by Gasteiger charge is -2.13. The van der Waals surface area contributed by atoms with Crippen LogP contribution in [0.2, 0.25) is 10.0 Å². The van der Waals surface area contributed by atoms with Gasteiger partial charge >= 0.3 is 0 Å². The van der Waals surface area contributed by atoms with Gasteiger partial charge in [0, 0.05) is 17.3 Å². The highest BCUT2D eigenvalue weighted by atomic mass is 35.5. The largest absolute Gasteiger partial charge is 0.490 e. The third-order valence-corrected chi connectivity index (χ3v) is 3.94. The highest BCUT2D eigenvalue weighted by Gasteiger charge is 2.10. The summed E-state index contributed by atoms with van der Waals surface area (Å²) in [5, 5.41) is 4.13.